The minimum atomic E-state index is -4.27. The monoisotopic (exact) mass is 227 g/mol. The molecule has 0 aliphatic heterocycles. The van der Waals surface area contributed by atoms with Crippen molar-refractivity contribution in [3.8, 4) is 0 Å². The van der Waals surface area contributed by atoms with Crippen molar-refractivity contribution < 1.29 is 32.6 Å². The first-order valence-electron chi connectivity index (χ1n) is 4.23. The number of carbonyl (C=O) groups is 2. The number of carboxylic acid groups (broad SMARTS) is 1. The van der Waals surface area contributed by atoms with E-state index in [4.69, 9.17) is 0 Å². The summed E-state index contributed by atoms with van der Waals surface area (Å²) >= 11 is 0. The lowest BCUT2D eigenvalue weighted by atomic mass is 10.3. The summed E-state index contributed by atoms with van der Waals surface area (Å²) in [6.45, 7) is -0.356. The number of alkyl halides is 3. The van der Waals surface area contributed by atoms with Gasteiger partial charge >= 0.3 is 12.1 Å². The maximum atomic E-state index is 11.6. The van der Waals surface area contributed by atoms with E-state index in [-0.39, 0.29) is 19.4 Å². The Balaban J connectivity index is 3.44. The van der Waals surface area contributed by atoms with Crippen LogP contribution in [0.2, 0.25) is 0 Å². The molecule has 0 aliphatic carbocycles. The summed E-state index contributed by atoms with van der Waals surface area (Å²) in [5.41, 5.74) is 0. The molecule has 0 amide bonds. The molecular formula is C8H10F3O4-. The van der Waals surface area contributed by atoms with Crippen molar-refractivity contribution in [2.24, 2.45) is 0 Å². The number of ether oxygens (including phenoxy) is 1. The van der Waals surface area contributed by atoms with E-state index in [1.165, 1.54) is 0 Å². The zero-order valence-electron chi connectivity index (χ0n) is 7.80. The second kappa shape index (κ2) is 6.26. The van der Waals surface area contributed by atoms with E-state index in [9.17, 15) is 27.9 Å². The molecule has 0 unspecified atom stereocenters. The van der Waals surface area contributed by atoms with Crippen molar-refractivity contribution in [1.82, 2.24) is 0 Å². The average molecular weight is 227 g/mol. The standard InChI is InChI=1S/C8H11F3O4/c9-8(10,11)4-1-5-15-7(14)3-2-6(12)13/h1-5H2,(H,12,13)/p-1. The lowest BCUT2D eigenvalue weighted by molar-refractivity contribution is -0.305. The van der Waals surface area contributed by atoms with Gasteiger partial charge in [0.25, 0.3) is 0 Å². The molecule has 0 aromatic heterocycles. The van der Waals surface area contributed by atoms with Gasteiger partial charge in [-0.25, -0.2) is 0 Å². The first kappa shape index (κ1) is 13.7. The number of hydrogen-bond donors (Lipinski definition) is 0. The Kier molecular flexibility index (Phi) is 5.73. The van der Waals surface area contributed by atoms with E-state index < -0.39 is 31.0 Å². The van der Waals surface area contributed by atoms with Gasteiger partial charge in [-0.1, -0.05) is 0 Å². The van der Waals surface area contributed by atoms with Gasteiger partial charge in [0, 0.05) is 12.4 Å². The third-order valence-corrected chi connectivity index (χ3v) is 1.40. The third kappa shape index (κ3) is 10.7. The van der Waals surface area contributed by atoms with Gasteiger partial charge < -0.3 is 14.6 Å². The Bertz CT molecular complexity index is 224. The molecule has 0 saturated carbocycles. The van der Waals surface area contributed by atoms with E-state index in [1.807, 2.05) is 0 Å². The maximum absolute atomic E-state index is 11.6. The molecule has 0 atom stereocenters. The number of rotatable bonds is 6. The molecule has 0 aromatic rings. The molecule has 0 radical (unpaired) electrons. The quantitative estimate of drug-likeness (QED) is 0.486. The van der Waals surface area contributed by atoms with Crippen LogP contribution in [-0.2, 0) is 14.3 Å². The van der Waals surface area contributed by atoms with Crippen molar-refractivity contribution in [3.63, 3.8) is 0 Å². The van der Waals surface area contributed by atoms with E-state index >= 15 is 0 Å². The van der Waals surface area contributed by atoms with Crippen LogP contribution in [0, 0.1) is 0 Å². The molecule has 0 bridgehead atoms. The van der Waals surface area contributed by atoms with E-state index in [0.717, 1.165) is 0 Å². The van der Waals surface area contributed by atoms with Crippen molar-refractivity contribution in [3.05, 3.63) is 0 Å². The van der Waals surface area contributed by atoms with E-state index in [1.54, 1.807) is 0 Å². The van der Waals surface area contributed by atoms with Crippen molar-refractivity contribution >= 4 is 11.9 Å². The Morgan fingerprint density at radius 1 is 1.20 bits per heavy atom. The van der Waals surface area contributed by atoms with Crippen LogP contribution in [0.25, 0.3) is 0 Å². The summed E-state index contributed by atoms with van der Waals surface area (Å²) in [6, 6.07) is 0. The first-order chi connectivity index (χ1) is 6.81. The van der Waals surface area contributed by atoms with Crippen LogP contribution >= 0.6 is 0 Å². The van der Waals surface area contributed by atoms with Gasteiger partial charge in [-0.05, 0) is 12.8 Å². The molecule has 0 rings (SSSR count). The molecule has 0 fully saturated rings. The minimum Gasteiger partial charge on any atom is -0.550 e. The van der Waals surface area contributed by atoms with Crippen molar-refractivity contribution in [1.29, 1.82) is 0 Å². The third-order valence-electron chi connectivity index (χ3n) is 1.40. The zero-order valence-corrected chi connectivity index (χ0v) is 7.80. The van der Waals surface area contributed by atoms with Gasteiger partial charge in [-0.3, -0.25) is 4.79 Å². The lowest BCUT2D eigenvalue weighted by Gasteiger charge is -2.07. The van der Waals surface area contributed by atoms with Gasteiger partial charge in [-0.15, -0.1) is 0 Å². The van der Waals surface area contributed by atoms with Gasteiger partial charge in [0.15, 0.2) is 0 Å². The van der Waals surface area contributed by atoms with Crippen LogP contribution in [0.1, 0.15) is 25.7 Å². The summed E-state index contributed by atoms with van der Waals surface area (Å²) in [6.07, 6.45) is -6.48. The molecule has 88 valence electrons. The first-order valence-corrected chi connectivity index (χ1v) is 4.23. The molecule has 0 aromatic carbocycles. The molecule has 0 N–H and O–H groups in total. The summed E-state index contributed by atoms with van der Waals surface area (Å²) in [4.78, 5) is 20.6. The number of carboxylic acids is 1. The van der Waals surface area contributed by atoms with E-state index in [2.05, 4.69) is 4.74 Å². The number of hydrogen-bond acceptors (Lipinski definition) is 4. The Hall–Kier alpha value is -1.27. The number of aliphatic carboxylic acids is 1. The van der Waals surface area contributed by atoms with Gasteiger partial charge in [0.05, 0.1) is 13.0 Å². The fraction of sp³-hybridized carbons (Fsp3) is 0.750. The van der Waals surface area contributed by atoms with Gasteiger partial charge in [-0.2, -0.15) is 13.2 Å². The molecule has 0 spiro atoms. The molecule has 7 heteroatoms. The predicted octanol–water partition coefficient (Wildman–Crippen LogP) is 0.402. The summed E-state index contributed by atoms with van der Waals surface area (Å²) in [5, 5.41) is 9.90. The number of halogens is 3. The van der Waals surface area contributed by atoms with Crippen LogP contribution in [0.4, 0.5) is 13.2 Å². The largest absolute Gasteiger partial charge is 0.550 e. The SMILES string of the molecule is O=C([O-])CCC(=O)OCCCC(F)(F)F. The van der Waals surface area contributed by atoms with Gasteiger partial charge in [0.1, 0.15) is 0 Å². The topological polar surface area (TPSA) is 66.4 Å². The lowest BCUT2D eigenvalue weighted by Crippen LogP contribution is -2.23. The van der Waals surface area contributed by atoms with Crippen LogP contribution in [0.15, 0.2) is 0 Å². The predicted molar refractivity (Wildman–Crippen MR) is 40.5 cm³/mol. The normalized spacial score (nSPS) is 11.1. The molecule has 0 heterocycles. The summed E-state index contributed by atoms with van der Waals surface area (Å²) < 4.78 is 39.2. The summed E-state index contributed by atoms with van der Waals surface area (Å²) in [5.74, 6) is -2.23. The average Bonchev–Trinajstić information content (AvgIpc) is 2.07. The van der Waals surface area contributed by atoms with Crippen LogP contribution in [-0.4, -0.2) is 24.7 Å². The molecule has 4 nitrogen and oxygen atoms in total. The number of esters is 1. The molecule has 15 heavy (non-hydrogen) atoms. The smallest absolute Gasteiger partial charge is 0.389 e. The zero-order chi connectivity index (χ0) is 11.9. The highest BCUT2D eigenvalue weighted by atomic mass is 19.4. The Labute approximate surface area is 84.0 Å². The van der Waals surface area contributed by atoms with Crippen molar-refractivity contribution in [2.75, 3.05) is 6.61 Å². The molecule has 0 saturated heterocycles. The van der Waals surface area contributed by atoms with Crippen LogP contribution in [0.5, 0.6) is 0 Å². The van der Waals surface area contributed by atoms with Crippen LogP contribution in [0.3, 0.4) is 0 Å². The molecule has 0 aliphatic rings. The fourth-order valence-corrected chi connectivity index (χ4v) is 0.735. The minimum absolute atomic E-state index is 0.319. The molecular weight excluding hydrogens is 217 g/mol. The Morgan fingerprint density at radius 2 is 1.80 bits per heavy atom. The highest BCUT2D eigenvalue weighted by Crippen LogP contribution is 2.20. The highest BCUT2D eigenvalue weighted by Gasteiger charge is 2.26. The summed E-state index contributed by atoms with van der Waals surface area (Å²) in [7, 11) is 0. The number of carbonyl (C=O) groups excluding carboxylic acids is 2. The van der Waals surface area contributed by atoms with Crippen LogP contribution < -0.4 is 5.11 Å². The van der Waals surface area contributed by atoms with Crippen molar-refractivity contribution in [2.45, 2.75) is 31.9 Å². The highest BCUT2D eigenvalue weighted by molar-refractivity contribution is 5.75. The maximum Gasteiger partial charge on any atom is 0.389 e. The second-order valence-electron chi connectivity index (χ2n) is 2.81. The van der Waals surface area contributed by atoms with Gasteiger partial charge in [0.2, 0.25) is 0 Å². The Morgan fingerprint density at radius 3 is 2.27 bits per heavy atom. The second-order valence-corrected chi connectivity index (χ2v) is 2.81. The van der Waals surface area contributed by atoms with E-state index in [0.29, 0.717) is 0 Å². The fourth-order valence-electron chi connectivity index (χ4n) is 0.735.